The highest BCUT2D eigenvalue weighted by atomic mass is 15.1. The molecule has 3 aromatic carbocycles. The zero-order chi connectivity index (χ0) is 16.6. The van der Waals surface area contributed by atoms with E-state index in [1.54, 1.807) is 0 Å². The molecular weight excluding hydrogens is 310 g/mol. The number of hydrogen-bond acceptors (Lipinski definition) is 3. The molecular formula is C20H15N5. The maximum absolute atomic E-state index is 4.66. The molecule has 0 saturated heterocycles. The minimum Gasteiger partial charge on any atom is -0.338 e. The largest absolute Gasteiger partial charge is 0.338 e. The summed E-state index contributed by atoms with van der Waals surface area (Å²) in [6.45, 7) is 0. The van der Waals surface area contributed by atoms with Gasteiger partial charge in [0.1, 0.15) is 5.82 Å². The van der Waals surface area contributed by atoms with Crippen molar-refractivity contribution in [1.29, 1.82) is 0 Å². The average Bonchev–Trinajstić information content (AvgIpc) is 3.25. The number of H-pyrrole nitrogens is 2. The molecule has 0 aliphatic rings. The van der Waals surface area contributed by atoms with E-state index in [9.17, 15) is 0 Å². The van der Waals surface area contributed by atoms with Crippen molar-refractivity contribution in [3.8, 4) is 11.4 Å². The Labute approximate surface area is 143 Å². The van der Waals surface area contributed by atoms with Crippen LogP contribution in [0.25, 0.3) is 33.5 Å². The number of imidazole rings is 2. The first-order chi connectivity index (χ1) is 12.3. The lowest BCUT2D eigenvalue weighted by molar-refractivity contribution is 1.30. The molecule has 5 aromatic rings. The molecule has 5 nitrogen and oxygen atoms in total. The lowest BCUT2D eigenvalue weighted by Crippen LogP contribution is -1.92. The molecule has 0 aliphatic heterocycles. The Kier molecular flexibility index (Phi) is 3.03. The predicted molar refractivity (Wildman–Crippen MR) is 101 cm³/mol. The van der Waals surface area contributed by atoms with Gasteiger partial charge in [-0.2, -0.15) is 0 Å². The molecule has 25 heavy (non-hydrogen) atoms. The first kappa shape index (κ1) is 13.8. The zero-order valence-corrected chi connectivity index (χ0v) is 13.3. The molecule has 3 N–H and O–H groups in total. The fourth-order valence-corrected chi connectivity index (χ4v) is 2.98. The van der Waals surface area contributed by atoms with Crippen molar-refractivity contribution in [3.05, 3.63) is 72.8 Å². The number of fused-ring (bicyclic) bond motifs is 2. The number of nitrogens with zero attached hydrogens (tertiary/aromatic N) is 2. The van der Waals surface area contributed by atoms with Gasteiger partial charge in [0, 0.05) is 11.3 Å². The second-order valence-electron chi connectivity index (χ2n) is 5.91. The number of hydrogen-bond donors (Lipinski definition) is 3. The number of para-hydroxylation sites is 4. The minimum absolute atomic E-state index is 0.725. The van der Waals surface area contributed by atoms with Crippen molar-refractivity contribution in [1.82, 2.24) is 19.9 Å². The number of anilines is 2. The van der Waals surface area contributed by atoms with Gasteiger partial charge in [-0.3, -0.25) is 0 Å². The van der Waals surface area contributed by atoms with Gasteiger partial charge in [-0.25, -0.2) is 9.97 Å². The second-order valence-corrected chi connectivity index (χ2v) is 5.91. The SMILES string of the molecule is c1cc(Nc2nc3ccccc3[nH]2)cc(-c2nc3ccccc3[nH]2)c1. The maximum Gasteiger partial charge on any atom is 0.205 e. The van der Waals surface area contributed by atoms with Crippen LogP contribution in [0.4, 0.5) is 11.6 Å². The molecule has 0 spiro atoms. The van der Waals surface area contributed by atoms with Crippen LogP contribution in [-0.2, 0) is 0 Å². The summed E-state index contributed by atoms with van der Waals surface area (Å²) in [5, 5.41) is 3.33. The van der Waals surface area contributed by atoms with Crippen LogP contribution in [0.3, 0.4) is 0 Å². The standard InChI is InChI=1S/C20H15N5/c1-2-9-16-15(8-1)22-19(23-16)13-6-5-7-14(12-13)21-20-24-17-10-3-4-11-18(17)25-20/h1-12H,(H,22,23)(H2,21,24,25). The second kappa shape index (κ2) is 5.49. The van der Waals surface area contributed by atoms with Gasteiger partial charge < -0.3 is 15.3 Å². The first-order valence-corrected chi connectivity index (χ1v) is 8.12. The Balaban J connectivity index is 1.49. The summed E-state index contributed by atoms with van der Waals surface area (Å²) in [6.07, 6.45) is 0. The predicted octanol–water partition coefficient (Wildman–Crippen LogP) is 4.85. The molecule has 0 atom stereocenters. The van der Waals surface area contributed by atoms with Gasteiger partial charge in [0.25, 0.3) is 0 Å². The van der Waals surface area contributed by atoms with Crippen molar-refractivity contribution in [2.24, 2.45) is 0 Å². The highest BCUT2D eigenvalue weighted by Gasteiger charge is 2.07. The van der Waals surface area contributed by atoms with Crippen molar-refractivity contribution in [2.75, 3.05) is 5.32 Å². The third-order valence-electron chi connectivity index (χ3n) is 4.18. The van der Waals surface area contributed by atoms with Crippen molar-refractivity contribution < 1.29 is 0 Å². The summed E-state index contributed by atoms with van der Waals surface area (Å²) >= 11 is 0. The number of rotatable bonds is 3. The molecule has 0 aliphatic carbocycles. The molecule has 0 unspecified atom stereocenters. The average molecular weight is 325 g/mol. The van der Waals surface area contributed by atoms with E-state index in [4.69, 9.17) is 0 Å². The molecule has 0 radical (unpaired) electrons. The van der Waals surface area contributed by atoms with Crippen LogP contribution < -0.4 is 5.32 Å². The van der Waals surface area contributed by atoms with E-state index in [1.165, 1.54) is 0 Å². The van der Waals surface area contributed by atoms with Crippen LogP contribution >= 0.6 is 0 Å². The monoisotopic (exact) mass is 325 g/mol. The van der Waals surface area contributed by atoms with Crippen molar-refractivity contribution >= 4 is 33.7 Å². The Bertz CT molecular complexity index is 1120. The maximum atomic E-state index is 4.66. The molecule has 0 bridgehead atoms. The van der Waals surface area contributed by atoms with Crippen LogP contribution in [0.2, 0.25) is 0 Å². The van der Waals surface area contributed by atoms with Crippen molar-refractivity contribution in [3.63, 3.8) is 0 Å². The lowest BCUT2D eigenvalue weighted by atomic mass is 10.2. The fraction of sp³-hybridized carbons (Fsp3) is 0. The Hall–Kier alpha value is -3.60. The number of aromatic amines is 2. The third kappa shape index (κ3) is 2.52. The smallest absolute Gasteiger partial charge is 0.205 e. The van der Waals surface area contributed by atoms with E-state index in [2.05, 4.69) is 31.3 Å². The molecule has 0 fully saturated rings. The molecule has 2 aromatic heterocycles. The molecule has 0 amide bonds. The normalized spacial score (nSPS) is 11.2. The van der Waals surface area contributed by atoms with E-state index in [-0.39, 0.29) is 0 Å². The van der Waals surface area contributed by atoms with Crippen molar-refractivity contribution in [2.45, 2.75) is 0 Å². The molecule has 5 rings (SSSR count). The highest BCUT2D eigenvalue weighted by molar-refractivity contribution is 5.81. The zero-order valence-electron chi connectivity index (χ0n) is 13.3. The number of nitrogens with one attached hydrogen (secondary N) is 3. The van der Waals surface area contributed by atoms with Gasteiger partial charge in [-0.05, 0) is 36.4 Å². The van der Waals surface area contributed by atoms with E-state index in [0.29, 0.717) is 0 Å². The fourth-order valence-electron chi connectivity index (χ4n) is 2.98. The quantitative estimate of drug-likeness (QED) is 0.444. The van der Waals surface area contributed by atoms with Gasteiger partial charge in [0.2, 0.25) is 5.95 Å². The molecule has 120 valence electrons. The highest BCUT2D eigenvalue weighted by Crippen LogP contribution is 2.25. The van der Waals surface area contributed by atoms with Gasteiger partial charge in [-0.15, -0.1) is 0 Å². The van der Waals surface area contributed by atoms with Crippen LogP contribution in [-0.4, -0.2) is 19.9 Å². The van der Waals surface area contributed by atoms with Gasteiger partial charge in [-0.1, -0.05) is 36.4 Å². The van der Waals surface area contributed by atoms with E-state index < -0.39 is 0 Å². The molecule has 0 saturated carbocycles. The third-order valence-corrected chi connectivity index (χ3v) is 4.18. The van der Waals surface area contributed by atoms with E-state index >= 15 is 0 Å². The topological polar surface area (TPSA) is 69.4 Å². The molecule has 2 heterocycles. The summed E-state index contributed by atoms with van der Waals surface area (Å²) < 4.78 is 0. The molecule has 5 heteroatoms. The summed E-state index contributed by atoms with van der Waals surface area (Å²) in [6, 6.07) is 24.1. The Morgan fingerprint density at radius 2 is 1.40 bits per heavy atom. The minimum atomic E-state index is 0.725. The van der Waals surface area contributed by atoms with Gasteiger partial charge in [0.15, 0.2) is 0 Å². The van der Waals surface area contributed by atoms with Crippen LogP contribution in [0.5, 0.6) is 0 Å². The number of benzene rings is 3. The van der Waals surface area contributed by atoms with Gasteiger partial charge in [0.05, 0.1) is 22.1 Å². The summed E-state index contributed by atoms with van der Waals surface area (Å²) in [5.41, 5.74) is 5.94. The van der Waals surface area contributed by atoms with E-state index in [1.807, 2.05) is 66.7 Å². The summed E-state index contributed by atoms with van der Waals surface area (Å²) in [7, 11) is 0. The lowest BCUT2D eigenvalue weighted by Gasteiger charge is -2.04. The number of aromatic nitrogens is 4. The van der Waals surface area contributed by atoms with Gasteiger partial charge >= 0.3 is 0 Å². The van der Waals surface area contributed by atoms with Crippen LogP contribution in [0.1, 0.15) is 0 Å². The summed E-state index contributed by atoms with van der Waals surface area (Å²) in [4.78, 5) is 15.9. The summed E-state index contributed by atoms with van der Waals surface area (Å²) in [5.74, 6) is 1.58. The Morgan fingerprint density at radius 1 is 0.680 bits per heavy atom. The Morgan fingerprint density at radius 3 is 2.16 bits per heavy atom. The van der Waals surface area contributed by atoms with E-state index in [0.717, 1.165) is 45.1 Å². The van der Waals surface area contributed by atoms with Crippen LogP contribution in [0, 0.1) is 0 Å². The first-order valence-electron chi connectivity index (χ1n) is 8.12. The van der Waals surface area contributed by atoms with Crippen LogP contribution in [0.15, 0.2) is 72.8 Å².